The molecule has 1 aliphatic heterocycles. The van der Waals surface area contributed by atoms with Crippen molar-refractivity contribution in [1.82, 2.24) is 10.2 Å². The maximum atomic E-state index is 12.4. The molecule has 1 heterocycles. The SMILES string of the molecule is COc1cccc(OC)c1C(=O)NC1CCN(C=O)C1. The van der Waals surface area contributed by atoms with E-state index in [2.05, 4.69) is 5.32 Å². The molecule has 2 rings (SSSR count). The number of carbonyl (C=O) groups excluding carboxylic acids is 2. The van der Waals surface area contributed by atoms with Gasteiger partial charge in [-0.15, -0.1) is 0 Å². The quantitative estimate of drug-likeness (QED) is 0.804. The molecule has 0 saturated carbocycles. The second-order valence-electron chi connectivity index (χ2n) is 4.60. The van der Waals surface area contributed by atoms with Crippen LogP contribution in [0.5, 0.6) is 11.5 Å². The summed E-state index contributed by atoms with van der Waals surface area (Å²) in [7, 11) is 3.02. The van der Waals surface area contributed by atoms with Crippen molar-refractivity contribution in [2.24, 2.45) is 0 Å². The first kappa shape index (κ1) is 14.2. The van der Waals surface area contributed by atoms with Gasteiger partial charge in [-0.05, 0) is 18.6 Å². The van der Waals surface area contributed by atoms with Gasteiger partial charge in [0.1, 0.15) is 17.1 Å². The second-order valence-corrected chi connectivity index (χ2v) is 4.60. The number of hydrogen-bond acceptors (Lipinski definition) is 4. The third kappa shape index (κ3) is 2.84. The molecular formula is C14H18N2O4. The molecule has 1 atom stereocenters. The molecule has 1 unspecified atom stereocenters. The highest BCUT2D eigenvalue weighted by molar-refractivity contribution is 5.99. The molecule has 1 aromatic rings. The number of carbonyl (C=O) groups is 2. The van der Waals surface area contributed by atoms with Gasteiger partial charge in [0.15, 0.2) is 0 Å². The number of rotatable bonds is 5. The topological polar surface area (TPSA) is 67.9 Å². The highest BCUT2D eigenvalue weighted by atomic mass is 16.5. The number of nitrogens with one attached hydrogen (secondary N) is 1. The maximum Gasteiger partial charge on any atom is 0.259 e. The molecule has 1 aliphatic rings. The number of benzene rings is 1. The van der Waals surface area contributed by atoms with E-state index >= 15 is 0 Å². The lowest BCUT2D eigenvalue weighted by atomic mass is 10.1. The van der Waals surface area contributed by atoms with E-state index in [0.717, 1.165) is 12.8 Å². The van der Waals surface area contributed by atoms with Crippen LogP contribution >= 0.6 is 0 Å². The van der Waals surface area contributed by atoms with Gasteiger partial charge in [0.05, 0.1) is 14.2 Å². The van der Waals surface area contributed by atoms with Crippen LogP contribution in [0.1, 0.15) is 16.8 Å². The Labute approximate surface area is 117 Å². The van der Waals surface area contributed by atoms with Gasteiger partial charge in [-0.2, -0.15) is 0 Å². The normalized spacial score (nSPS) is 17.7. The highest BCUT2D eigenvalue weighted by Gasteiger charge is 2.25. The number of ether oxygens (including phenoxy) is 2. The molecule has 108 valence electrons. The zero-order chi connectivity index (χ0) is 14.5. The lowest BCUT2D eigenvalue weighted by Crippen LogP contribution is -2.37. The summed E-state index contributed by atoms with van der Waals surface area (Å²) in [4.78, 5) is 24.7. The number of hydrogen-bond donors (Lipinski definition) is 1. The number of nitrogens with zero attached hydrogens (tertiary/aromatic N) is 1. The smallest absolute Gasteiger partial charge is 0.259 e. The Kier molecular flexibility index (Phi) is 4.45. The molecule has 6 nitrogen and oxygen atoms in total. The van der Waals surface area contributed by atoms with Crippen molar-refractivity contribution in [2.75, 3.05) is 27.3 Å². The third-order valence-electron chi connectivity index (χ3n) is 3.36. The Balaban J connectivity index is 2.15. The summed E-state index contributed by atoms with van der Waals surface area (Å²) in [6.07, 6.45) is 1.55. The molecule has 1 aromatic carbocycles. The molecule has 2 amide bonds. The fourth-order valence-electron chi connectivity index (χ4n) is 2.33. The van der Waals surface area contributed by atoms with E-state index in [0.29, 0.717) is 30.2 Å². The average Bonchev–Trinajstić information content (AvgIpc) is 2.93. The van der Waals surface area contributed by atoms with Crippen LogP contribution in [-0.2, 0) is 4.79 Å². The fourth-order valence-corrected chi connectivity index (χ4v) is 2.33. The lowest BCUT2D eigenvalue weighted by molar-refractivity contribution is -0.117. The maximum absolute atomic E-state index is 12.4. The monoisotopic (exact) mass is 278 g/mol. The van der Waals surface area contributed by atoms with Crippen LogP contribution in [0.15, 0.2) is 18.2 Å². The van der Waals surface area contributed by atoms with Gasteiger partial charge in [-0.25, -0.2) is 0 Å². The Morgan fingerprint density at radius 3 is 2.50 bits per heavy atom. The van der Waals surface area contributed by atoms with Gasteiger partial charge in [-0.1, -0.05) is 6.07 Å². The van der Waals surface area contributed by atoms with Crippen molar-refractivity contribution in [1.29, 1.82) is 0 Å². The van der Waals surface area contributed by atoms with Crippen LogP contribution in [0, 0.1) is 0 Å². The molecule has 6 heteroatoms. The van der Waals surface area contributed by atoms with Gasteiger partial charge < -0.3 is 19.7 Å². The van der Waals surface area contributed by atoms with Crippen molar-refractivity contribution in [3.05, 3.63) is 23.8 Å². The molecule has 20 heavy (non-hydrogen) atoms. The second kappa shape index (κ2) is 6.27. The summed E-state index contributed by atoms with van der Waals surface area (Å²) in [5.74, 6) is 0.677. The summed E-state index contributed by atoms with van der Waals surface area (Å²) in [5, 5.41) is 2.91. The molecule has 0 aromatic heterocycles. The van der Waals surface area contributed by atoms with Crippen molar-refractivity contribution in [3.63, 3.8) is 0 Å². The van der Waals surface area contributed by atoms with E-state index in [1.807, 2.05) is 0 Å². The van der Waals surface area contributed by atoms with Crippen molar-refractivity contribution in [2.45, 2.75) is 12.5 Å². The molecule has 0 bridgehead atoms. The summed E-state index contributed by atoms with van der Waals surface area (Å²) < 4.78 is 10.4. The van der Waals surface area contributed by atoms with Crippen LogP contribution in [0.25, 0.3) is 0 Å². The van der Waals surface area contributed by atoms with Crippen LogP contribution in [0.4, 0.5) is 0 Å². The zero-order valence-electron chi connectivity index (χ0n) is 11.6. The van der Waals surface area contributed by atoms with E-state index in [1.54, 1.807) is 23.1 Å². The van der Waals surface area contributed by atoms with Crippen molar-refractivity contribution < 1.29 is 19.1 Å². The van der Waals surface area contributed by atoms with Gasteiger partial charge in [0, 0.05) is 19.1 Å². The predicted octanol–water partition coefficient (Wildman–Crippen LogP) is 0.664. The minimum absolute atomic E-state index is 0.0395. The Bertz CT molecular complexity index is 482. The van der Waals surface area contributed by atoms with Gasteiger partial charge in [0.2, 0.25) is 6.41 Å². The van der Waals surface area contributed by atoms with Crippen LogP contribution in [0.3, 0.4) is 0 Å². The lowest BCUT2D eigenvalue weighted by Gasteiger charge is -2.16. The summed E-state index contributed by atoms with van der Waals surface area (Å²) in [6.45, 7) is 1.20. The number of amides is 2. The van der Waals surface area contributed by atoms with E-state index < -0.39 is 0 Å². The summed E-state index contributed by atoms with van der Waals surface area (Å²) >= 11 is 0. The molecule has 0 aliphatic carbocycles. The average molecular weight is 278 g/mol. The predicted molar refractivity (Wildman–Crippen MR) is 73.1 cm³/mol. The van der Waals surface area contributed by atoms with Crippen LogP contribution in [-0.4, -0.2) is 50.6 Å². The van der Waals surface area contributed by atoms with Crippen LogP contribution < -0.4 is 14.8 Å². The van der Waals surface area contributed by atoms with Crippen molar-refractivity contribution in [3.8, 4) is 11.5 Å². The molecule has 0 spiro atoms. The molecule has 1 N–H and O–H groups in total. The van der Waals surface area contributed by atoms with Gasteiger partial charge in [-0.3, -0.25) is 9.59 Å². The Morgan fingerprint density at radius 2 is 2.00 bits per heavy atom. The van der Waals surface area contributed by atoms with E-state index in [9.17, 15) is 9.59 Å². The molecule has 0 radical (unpaired) electrons. The summed E-state index contributed by atoms with van der Waals surface area (Å²) in [5.41, 5.74) is 0.377. The van der Waals surface area contributed by atoms with E-state index in [4.69, 9.17) is 9.47 Å². The van der Waals surface area contributed by atoms with Crippen molar-refractivity contribution >= 4 is 12.3 Å². The third-order valence-corrected chi connectivity index (χ3v) is 3.36. The standard InChI is InChI=1S/C14H18N2O4/c1-19-11-4-3-5-12(20-2)13(11)14(18)15-10-6-7-16(8-10)9-17/h3-5,9-10H,6-8H2,1-2H3,(H,15,18). The zero-order valence-corrected chi connectivity index (χ0v) is 11.6. The Morgan fingerprint density at radius 1 is 1.35 bits per heavy atom. The molecule has 1 saturated heterocycles. The van der Waals surface area contributed by atoms with Crippen LogP contribution in [0.2, 0.25) is 0 Å². The molecule has 1 fully saturated rings. The van der Waals surface area contributed by atoms with E-state index in [-0.39, 0.29) is 11.9 Å². The summed E-state index contributed by atoms with van der Waals surface area (Å²) in [6, 6.07) is 5.15. The fraction of sp³-hybridized carbons (Fsp3) is 0.429. The highest BCUT2D eigenvalue weighted by Crippen LogP contribution is 2.28. The number of methoxy groups -OCH3 is 2. The van der Waals surface area contributed by atoms with E-state index in [1.165, 1.54) is 14.2 Å². The first-order valence-corrected chi connectivity index (χ1v) is 6.40. The minimum Gasteiger partial charge on any atom is -0.496 e. The first-order chi connectivity index (χ1) is 9.69. The Hall–Kier alpha value is -2.24. The van der Waals surface area contributed by atoms with Gasteiger partial charge in [0.25, 0.3) is 5.91 Å². The largest absolute Gasteiger partial charge is 0.496 e. The molecular weight excluding hydrogens is 260 g/mol. The number of likely N-dealkylation sites (tertiary alicyclic amines) is 1. The van der Waals surface area contributed by atoms with Gasteiger partial charge >= 0.3 is 0 Å². The first-order valence-electron chi connectivity index (χ1n) is 6.40. The minimum atomic E-state index is -0.253.